The van der Waals surface area contributed by atoms with Gasteiger partial charge in [-0.05, 0) is 35.7 Å². The zero-order valence-electron chi connectivity index (χ0n) is 13.7. The highest BCUT2D eigenvalue weighted by Crippen LogP contribution is 2.21. The Balaban J connectivity index is 1.53. The van der Waals surface area contributed by atoms with Gasteiger partial charge >= 0.3 is 0 Å². The molecule has 5 heteroatoms. The number of benzene rings is 2. The van der Waals surface area contributed by atoms with Crippen molar-refractivity contribution in [3.8, 4) is 0 Å². The van der Waals surface area contributed by atoms with Crippen LogP contribution >= 0.6 is 0 Å². The molecule has 1 amide bonds. The number of carbonyl (C=O) groups excluding carboxylic acids is 1. The van der Waals surface area contributed by atoms with Crippen LogP contribution in [-0.4, -0.2) is 22.4 Å². The van der Waals surface area contributed by atoms with Crippen molar-refractivity contribution in [1.82, 2.24) is 9.97 Å². The third-order valence-corrected chi connectivity index (χ3v) is 4.32. The Labute approximate surface area is 146 Å². The minimum absolute atomic E-state index is 0.229. The van der Waals surface area contributed by atoms with E-state index in [0.717, 1.165) is 25.2 Å². The molecule has 124 valence electrons. The van der Waals surface area contributed by atoms with Gasteiger partial charge in [-0.15, -0.1) is 0 Å². The van der Waals surface area contributed by atoms with E-state index in [9.17, 15) is 4.79 Å². The van der Waals surface area contributed by atoms with Crippen LogP contribution in [0.1, 0.15) is 21.6 Å². The second-order valence-corrected chi connectivity index (χ2v) is 6.00. The summed E-state index contributed by atoms with van der Waals surface area (Å²) in [6.45, 7) is 1.61. The van der Waals surface area contributed by atoms with E-state index in [2.05, 4.69) is 38.4 Å². The summed E-state index contributed by atoms with van der Waals surface area (Å²) in [5.41, 5.74) is 3.78. The standard InChI is InChI=1S/C20H18N4O/c25-19(22-17-8-2-1-3-9-17)18-10-12-21-20(23-18)24-13-11-15-6-4-5-7-16(15)14-24/h1-10,12H,11,13-14H2,(H,22,25). The highest BCUT2D eigenvalue weighted by Gasteiger charge is 2.19. The Bertz CT molecular complexity index is 895. The molecule has 2 heterocycles. The van der Waals surface area contributed by atoms with Gasteiger partial charge in [0.05, 0.1) is 0 Å². The largest absolute Gasteiger partial charge is 0.336 e. The van der Waals surface area contributed by atoms with Gasteiger partial charge in [-0.1, -0.05) is 42.5 Å². The van der Waals surface area contributed by atoms with Crippen LogP contribution in [0.5, 0.6) is 0 Å². The molecule has 1 aliphatic heterocycles. The summed E-state index contributed by atoms with van der Waals surface area (Å²) in [5, 5.41) is 2.86. The van der Waals surface area contributed by atoms with Crippen LogP contribution < -0.4 is 10.2 Å². The van der Waals surface area contributed by atoms with Gasteiger partial charge in [0, 0.05) is 25.0 Å². The first kappa shape index (κ1) is 15.3. The van der Waals surface area contributed by atoms with Crippen molar-refractivity contribution >= 4 is 17.5 Å². The Morgan fingerprint density at radius 2 is 1.72 bits per heavy atom. The number of nitrogens with zero attached hydrogens (tertiary/aromatic N) is 3. The van der Waals surface area contributed by atoms with Gasteiger partial charge < -0.3 is 10.2 Å². The number of hydrogen-bond acceptors (Lipinski definition) is 4. The second kappa shape index (κ2) is 6.73. The van der Waals surface area contributed by atoms with Crippen molar-refractivity contribution in [2.24, 2.45) is 0 Å². The summed E-state index contributed by atoms with van der Waals surface area (Å²) in [5.74, 6) is 0.363. The number of carbonyl (C=O) groups is 1. The van der Waals surface area contributed by atoms with Gasteiger partial charge in [0.15, 0.2) is 0 Å². The Kier molecular flexibility index (Phi) is 4.12. The van der Waals surface area contributed by atoms with Gasteiger partial charge in [0.25, 0.3) is 5.91 Å². The van der Waals surface area contributed by atoms with Crippen molar-refractivity contribution < 1.29 is 4.79 Å². The van der Waals surface area contributed by atoms with Gasteiger partial charge in [-0.25, -0.2) is 9.97 Å². The predicted octanol–water partition coefficient (Wildman–Crippen LogP) is 3.29. The fourth-order valence-corrected chi connectivity index (χ4v) is 3.01. The van der Waals surface area contributed by atoms with E-state index in [4.69, 9.17) is 0 Å². The van der Waals surface area contributed by atoms with Crippen molar-refractivity contribution in [2.45, 2.75) is 13.0 Å². The van der Waals surface area contributed by atoms with E-state index in [-0.39, 0.29) is 5.91 Å². The fourth-order valence-electron chi connectivity index (χ4n) is 3.01. The third kappa shape index (κ3) is 3.35. The number of hydrogen-bond donors (Lipinski definition) is 1. The van der Waals surface area contributed by atoms with E-state index in [1.807, 2.05) is 36.4 Å². The van der Waals surface area contributed by atoms with E-state index >= 15 is 0 Å². The SMILES string of the molecule is O=C(Nc1ccccc1)c1ccnc(N2CCc3ccccc3C2)n1. The zero-order chi connectivity index (χ0) is 17.1. The third-order valence-electron chi connectivity index (χ3n) is 4.32. The molecule has 0 saturated heterocycles. The van der Waals surface area contributed by atoms with Crippen LogP contribution in [0.3, 0.4) is 0 Å². The van der Waals surface area contributed by atoms with Crippen molar-refractivity contribution in [3.63, 3.8) is 0 Å². The number of para-hydroxylation sites is 1. The van der Waals surface area contributed by atoms with Crippen molar-refractivity contribution in [3.05, 3.63) is 83.7 Å². The molecule has 0 spiro atoms. The van der Waals surface area contributed by atoms with Crippen molar-refractivity contribution in [1.29, 1.82) is 0 Å². The molecule has 2 aromatic carbocycles. The summed E-state index contributed by atoms with van der Waals surface area (Å²) >= 11 is 0. The van der Waals surface area contributed by atoms with Crippen molar-refractivity contribution in [2.75, 3.05) is 16.8 Å². The lowest BCUT2D eigenvalue weighted by molar-refractivity contribution is 0.102. The molecule has 1 aliphatic rings. The molecule has 0 atom stereocenters. The van der Waals surface area contributed by atoms with Crippen LogP contribution in [0.25, 0.3) is 0 Å². The molecule has 0 unspecified atom stereocenters. The lowest BCUT2D eigenvalue weighted by atomic mass is 10.0. The number of aromatic nitrogens is 2. The molecule has 5 nitrogen and oxygen atoms in total. The molecule has 0 radical (unpaired) electrons. The maximum absolute atomic E-state index is 12.4. The monoisotopic (exact) mass is 330 g/mol. The summed E-state index contributed by atoms with van der Waals surface area (Å²) in [7, 11) is 0. The summed E-state index contributed by atoms with van der Waals surface area (Å²) in [6.07, 6.45) is 2.60. The minimum atomic E-state index is -0.229. The average Bonchev–Trinajstić information content (AvgIpc) is 2.68. The van der Waals surface area contributed by atoms with E-state index in [0.29, 0.717) is 11.6 Å². The molecular formula is C20H18N4O. The summed E-state index contributed by atoms with van der Waals surface area (Å²) in [4.78, 5) is 23.4. The zero-order valence-corrected chi connectivity index (χ0v) is 13.7. The quantitative estimate of drug-likeness (QED) is 0.800. The molecule has 1 aromatic heterocycles. The maximum Gasteiger partial charge on any atom is 0.274 e. The summed E-state index contributed by atoms with van der Waals surface area (Å²) in [6, 6.07) is 19.4. The molecule has 0 aliphatic carbocycles. The van der Waals surface area contributed by atoms with E-state index < -0.39 is 0 Å². The highest BCUT2D eigenvalue weighted by atomic mass is 16.1. The molecule has 0 saturated carbocycles. The first-order valence-corrected chi connectivity index (χ1v) is 8.31. The number of nitrogens with one attached hydrogen (secondary N) is 1. The van der Waals surface area contributed by atoms with E-state index in [1.54, 1.807) is 12.3 Å². The van der Waals surface area contributed by atoms with Crippen LogP contribution in [0.4, 0.5) is 11.6 Å². The smallest absolute Gasteiger partial charge is 0.274 e. The van der Waals surface area contributed by atoms with E-state index in [1.165, 1.54) is 11.1 Å². The van der Waals surface area contributed by atoms with Crippen LogP contribution in [0.2, 0.25) is 0 Å². The molecule has 4 rings (SSSR count). The lowest BCUT2D eigenvalue weighted by Gasteiger charge is -2.28. The highest BCUT2D eigenvalue weighted by molar-refractivity contribution is 6.02. The molecule has 0 fully saturated rings. The molecule has 25 heavy (non-hydrogen) atoms. The number of rotatable bonds is 3. The normalized spacial score (nSPS) is 13.2. The van der Waals surface area contributed by atoms with Gasteiger partial charge in [-0.2, -0.15) is 0 Å². The molecular weight excluding hydrogens is 312 g/mol. The minimum Gasteiger partial charge on any atom is -0.336 e. The first-order valence-electron chi connectivity index (χ1n) is 8.31. The van der Waals surface area contributed by atoms with Gasteiger partial charge in [0.2, 0.25) is 5.95 Å². The Hall–Kier alpha value is -3.21. The lowest BCUT2D eigenvalue weighted by Crippen LogP contribution is -2.32. The number of anilines is 2. The topological polar surface area (TPSA) is 58.1 Å². The average molecular weight is 330 g/mol. The molecule has 0 bridgehead atoms. The van der Waals surface area contributed by atoms with Gasteiger partial charge in [-0.3, -0.25) is 4.79 Å². The predicted molar refractivity (Wildman–Crippen MR) is 97.6 cm³/mol. The number of fused-ring (bicyclic) bond motifs is 1. The molecule has 3 aromatic rings. The van der Waals surface area contributed by atoms with Gasteiger partial charge in [0.1, 0.15) is 5.69 Å². The van der Waals surface area contributed by atoms with Crippen LogP contribution in [0, 0.1) is 0 Å². The second-order valence-electron chi connectivity index (χ2n) is 6.00. The maximum atomic E-state index is 12.4. The van der Waals surface area contributed by atoms with Crippen LogP contribution in [0.15, 0.2) is 66.9 Å². The first-order chi connectivity index (χ1) is 12.3. The van der Waals surface area contributed by atoms with Crippen LogP contribution in [-0.2, 0) is 13.0 Å². The fraction of sp³-hybridized carbons (Fsp3) is 0.150. The Morgan fingerprint density at radius 3 is 2.56 bits per heavy atom. The Morgan fingerprint density at radius 1 is 0.960 bits per heavy atom. The summed E-state index contributed by atoms with van der Waals surface area (Å²) < 4.78 is 0. The molecule has 1 N–H and O–H groups in total. The number of amides is 1.